The Kier molecular flexibility index (Phi) is 3.52. The van der Waals surface area contributed by atoms with Gasteiger partial charge in [-0.25, -0.2) is 0 Å². The maximum absolute atomic E-state index is 12.2. The Bertz CT molecular complexity index is 305. The third-order valence-corrected chi connectivity index (χ3v) is 4.39. The molecule has 2 rings (SSSR count). The number of carbonyl (C=O) groups is 2. The third-order valence-electron chi connectivity index (χ3n) is 4.39. The Hall–Kier alpha value is -0.900. The van der Waals surface area contributed by atoms with Crippen LogP contribution >= 0.6 is 0 Å². The maximum atomic E-state index is 12.2. The smallest absolute Gasteiger partial charge is 0.233 e. The number of imide groups is 1. The van der Waals surface area contributed by atoms with Gasteiger partial charge in [0.2, 0.25) is 11.8 Å². The van der Waals surface area contributed by atoms with Crippen molar-refractivity contribution in [2.75, 3.05) is 6.61 Å². The standard InChI is InChI=1S/C13H21NO3/c1-8(7-15)9(2)14-12(16)10-5-3-4-6-11(10)13(14)17/h8-11,15H,3-7H2,1-2H3. The van der Waals surface area contributed by atoms with Gasteiger partial charge in [0.15, 0.2) is 0 Å². The van der Waals surface area contributed by atoms with E-state index in [4.69, 9.17) is 5.11 Å². The zero-order valence-electron chi connectivity index (χ0n) is 10.6. The van der Waals surface area contributed by atoms with Crippen molar-refractivity contribution >= 4 is 11.8 Å². The van der Waals surface area contributed by atoms with Gasteiger partial charge in [-0.05, 0) is 25.7 Å². The summed E-state index contributed by atoms with van der Waals surface area (Å²) in [4.78, 5) is 25.9. The fourth-order valence-corrected chi connectivity index (χ4v) is 3.00. The molecular weight excluding hydrogens is 218 g/mol. The maximum Gasteiger partial charge on any atom is 0.233 e. The van der Waals surface area contributed by atoms with Gasteiger partial charge in [-0.15, -0.1) is 0 Å². The van der Waals surface area contributed by atoms with Gasteiger partial charge in [-0.1, -0.05) is 19.8 Å². The monoisotopic (exact) mass is 239 g/mol. The minimum absolute atomic E-state index is 0.00694. The molecule has 4 heteroatoms. The van der Waals surface area contributed by atoms with Crippen molar-refractivity contribution in [3.8, 4) is 0 Å². The molecule has 4 atom stereocenters. The molecule has 1 aliphatic carbocycles. The van der Waals surface area contributed by atoms with Crippen molar-refractivity contribution in [3.63, 3.8) is 0 Å². The van der Waals surface area contributed by atoms with Crippen molar-refractivity contribution in [1.29, 1.82) is 0 Å². The van der Waals surface area contributed by atoms with E-state index in [2.05, 4.69) is 0 Å². The third kappa shape index (κ3) is 1.99. The number of hydrogen-bond acceptors (Lipinski definition) is 3. The molecule has 0 aromatic carbocycles. The predicted octanol–water partition coefficient (Wildman–Crippen LogP) is 1.18. The molecule has 1 aliphatic heterocycles. The molecule has 2 amide bonds. The molecule has 1 saturated heterocycles. The Labute approximate surface area is 102 Å². The van der Waals surface area contributed by atoms with Crippen LogP contribution in [0.2, 0.25) is 0 Å². The summed E-state index contributed by atoms with van der Waals surface area (Å²) in [6, 6.07) is -0.189. The van der Waals surface area contributed by atoms with Gasteiger partial charge in [0.1, 0.15) is 0 Å². The lowest BCUT2D eigenvalue weighted by Gasteiger charge is -2.27. The summed E-state index contributed by atoms with van der Waals surface area (Å²) >= 11 is 0. The fourth-order valence-electron chi connectivity index (χ4n) is 3.00. The first-order valence-corrected chi connectivity index (χ1v) is 6.55. The number of aliphatic hydroxyl groups excluding tert-OH is 1. The molecule has 4 unspecified atom stereocenters. The van der Waals surface area contributed by atoms with Crippen LogP contribution in [-0.2, 0) is 9.59 Å². The number of fused-ring (bicyclic) bond motifs is 1. The minimum atomic E-state index is -0.189. The van der Waals surface area contributed by atoms with Crippen molar-refractivity contribution in [1.82, 2.24) is 4.90 Å². The number of hydrogen-bond donors (Lipinski definition) is 1. The largest absolute Gasteiger partial charge is 0.396 e. The average Bonchev–Trinajstić information content (AvgIpc) is 2.61. The first-order chi connectivity index (χ1) is 8.07. The molecule has 1 N–H and O–H groups in total. The summed E-state index contributed by atoms with van der Waals surface area (Å²) in [7, 11) is 0. The van der Waals surface area contributed by atoms with E-state index < -0.39 is 0 Å². The van der Waals surface area contributed by atoms with Crippen LogP contribution in [0.3, 0.4) is 0 Å². The zero-order chi connectivity index (χ0) is 12.6. The Morgan fingerprint density at radius 2 is 1.65 bits per heavy atom. The predicted molar refractivity (Wildman–Crippen MR) is 63.0 cm³/mol. The SMILES string of the molecule is CC(CO)C(C)N1C(=O)C2CCCCC2C1=O. The molecule has 4 nitrogen and oxygen atoms in total. The Balaban J connectivity index is 2.18. The quantitative estimate of drug-likeness (QED) is 0.752. The van der Waals surface area contributed by atoms with Crippen molar-refractivity contribution in [2.24, 2.45) is 17.8 Å². The molecule has 0 bridgehead atoms. The first-order valence-electron chi connectivity index (χ1n) is 6.55. The van der Waals surface area contributed by atoms with E-state index in [9.17, 15) is 9.59 Å². The van der Waals surface area contributed by atoms with Gasteiger partial charge < -0.3 is 5.11 Å². The van der Waals surface area contributed by atoms with Crippen molar-refractivity contribution in [3.05, 3.63) is 0 Å². The van der Waals surface area contributed by atoms with Gasteiger partial charge in [-0.2, -0.15) is 0 Å². The highest BCUT2D eigenvalue weighted by Crippen LogP contribution is 2.39. The molecular formula is C13H21NO3. The summed E-state index contributed by atoms with van der Waals surface area (Å²) in [5, 5.41) is 9.15. The van der Waals surface area contributed by atoms with E-state index >= 15 is 0 Å². The van der Waals surface area contributed by atoms with Crippen LogP contribution in [0.5, 0.6) is 0 Å². The van der Waals surface area contributed by atoms with E-state index in [0.29, 0.717) is 0 Å². The Morgan fingerprint density at radius 1 is 1.18 bits per heavy atom. The summed E-state index contributed by atoms with van der Waals surface area (Å²) in [5.41, 5.74) is 0. The number of carbonyl (C=O) groups excluding carboxylic acids is 2. The lowest BCUT2D eigenvalue weighted by atomic mass is 9.81. The molecule has 17 heavy (non-hydrogen) atoms. The number of amides is 2. The van der Waals surface area contributed by atoms with Gasteiger partial charge in [0.25, 0.3) is 0 Å². The van der Waals surface area contributed by atoms with E-state index in [-0.39, 0.29) is 42.2 Å². The number of aliphatic hydroxyl groups is 1. The normalized spacial score (nSPS) is 32.5. The van der Waals surface area contributed by atoms with Gasteiger partial charge in [0, 0.05) is 12.6 Å². The molecule has 0 aromatic heterocycles. The van der Waals surface area contributed by atoms with Crippen LogP contribution in [0.25, 0.3) is 0 Å². The molecule has 0 spiro atoms. The van der Waals surface area contributed by atoms with Crippen molar-refractivity contribution < 1.29 is 14.7 Å². The fraction of sp³-hybridized carbons (Fsp3) is 0.846. The highest BCUT2D eigenvalue weighted by Gasteiger charge is 2.50. The minimum Gasteiger partial charge on any atom is -0.396 e. The number of rotatable bonds is 3. The molecule has 96 valence electrons. The highest BCUT2D eigenvalue weighted by molar-refractivity contribution is 6.05. The zero-order valence-corrected chi connectivity index (χ0v) is 10.6. The number of nitrogens with zero attached hydrogens (tertiary/aromatic N) is 1. The topological polar surface area (TPSA) is 57.6 Å². The van der Waals surface area contributed by atoms with Crippen LogP contribution in [-0.4, -0.2) is 34.5 Å². The van der Waals surface area contributed by atoms with E-state index in [1.165, 1.54) is 4.90 Å². The average molecular weight is 239 g/mol. The molecule has 0 radical (unpaired) electrons. The lowest BCUT2D eigenvalue weighted by molar-refractivity contribution is -0.143. The first kappa shape index (κ1) is 12.6. The molecule has 0 aromatic rings. The molecule has 2 fully saturated rings. The summed E-state index contributed by atoms with van der Waals surface area (Å²) in [5.74, 6) is -0.225. The summed E-state index contributed by atoms with van der Waals surface area (Å²) in [6.45, 7) is 3.73. The molecule has 2 aliphatic rings. The van der Waals surface area contributed by atoms with Gasteiger partial charge in [0.05, 0.1) is 11.8 Å². The second-order valence-electron chi connectivity index (χ2n) is 5.44. The van der Waals surface area contributed by atoms with Gasteiger partial charge >= 0.3 is 0 Å². The summed E-state index contributed by atoms with van der Waals surface area (Å²) in [6.07, 6.45) is 3.81. The van der Waals surface area contributed by atoms with Crippen LogP contribution in [0, 0.1) is 17.8 Å². The van der Waals surface area contributed by atoms with Crippen LogP contribution in [0.4, 0.5) is 0 Å². The lowest BCUT2D eigenvalue weighted by Crippen LogP contribution is -2.43. The molecule has 1 heterocycles. The number of likely N-dealkylation sites (tertiary alicyclic amines) is 1. The molecule has 1 saturated carbocycles. The second kappa shape index (κ2) is 4.77. The van der Waals surface area contributed by atoms with Gasteiger partial charge in [-0.3, -0.25) is 14.5 Å². The van der Waals surface area contributed by atoms with Crippen LogP contribution in [0.15, 0.2) is 0 Å². The second-order valence-corrected chi connectivity index (χ2v) is 5.44. The van der Waals surface area contributed by atoms with E-state index in [1.807, 2.05) is 13.8 Å². The van der Waals surface area contributed by atoms with Crippen molar-refractivity contribution in [2.45, 2.75) is 45.6 Å². The van der Waals surface area contributed by atoms with Crippen LogP contribution in [0.1, 0.15) is 39.5 Å². The van der Waals surface area contributed by atoms with E-state index in [1.54, 1.807) is 0 Å². The Morgan fingerprint density at radius 3 is 2.06 bits per heavy atom. The highest BCUT2D eigenvalue weighted by atomic mass is 16.3. The van der Waals surface area contributed by atoms with Crippen LogP contribution < -0.4 is 0 Å². The van der Waals surface area contributed by atoms with E-state index in [0.717, 1.165) is 25.7 Å². The summed E-state index contributed by atoms with van der Waals surface area (Å²) < 4.78 is 0.